The minimum atomic E-state index is -0.258. The fourth-order valence-corrected chi connectivity index (χ4v) is 1.59. The summed E-state index contributed by atoms with van der Waals surface area (Å²) in [6.45, 7) is 4.29. The van der Waals surface area contributed by atoms with Crippen LogP contribution in [0.15, 0.2) is 18.2 Å². The van der Waals surface area contributed by atoms with E-state index in [1.165, 1.54) is 0 Å². The second kappa shape index (κ2) is 6.50. The smallest absolute Gasteiger partial charge is 0.255 e. The summed E-state index contributed by atoms with van der Waals surface area (Å²) in [4.78, 5) is 11.8. The Kier molecular flexibility index (Phi) is 5.29. The van der Waals surface area contributed by atoms with Gasteiger partial charge in [0.1, 0.15) is 5.75 Å². The number of rotatable bonds is 5. The van der Waals surface area contributed by atoms with Crippen LogP contribution in [0.2, 0.25) is 0 Å². The number of carbonyl (C=O) groups excluding carboxylic acids is 1. The molecule has 0 saturated heterocycles. The van der Waals surface area contributed by atoms with Crippen LogP contribution in [0.3, 0.4) is 0 Å². The van der Waals surface area contributed by atoms with Crippen LogP contribution in [0.1, 0.15) is 35.7 Å². The predicted octanol–water partition coefficient (Wildman–Crippen LogP) is 2.84. The highest BCUT2D eigenvalue weighted by Gasteiger charge is 2.12. The van der Waals surface area contributed by atoms with E-state index in [0.717, 1.165) is 12.8 Å². The summed E-state index contributed by atoms with van der Waals surface area (Å²) in [5.74, 6) is -0.214. The van der Waals surface area contributed by atoms with Crippen LogP contribution >= 0.6 is 11.6 Å². The van der Waals surface area contributed by atoms with Crippen LogP contribution in [0.4, 0.5) is 0 Å². The molecule has 0 heterocycles. The number of para-hydroxylation sites is 1. The number of phenolic OH excluding ortho intramolecular Hbond substituents is 1. The first-order valence-corrected chi connectivity index (χ1v) is 6.20. The molecule has 1 aromatic carbocycles. The van der Waals surface area contributed by atoms with E-state index in [1.54, 1.807) is 25.1 Å². The van der Waals surface area contributed by atoms with Crippen molar-refractivity contribution in [2.24, 2.45) is 0 Å². The fraction of sp³-hybridized carbons (Fsp3) is 0.462. The molecule has 0 aliphatic rings. The van der Waals surface area contributed by atoms with E-state index < -0.39 is 0 Å². The Bertz CT molecular complexity index is 393. The van der Waals surface area contributed by atoms with Gasteiger partial charge in [-0.1, -0.05) is 19.1 Å². The van der Waals surface area contributed by atoms with Crippen LogP contribution in [-0.4, -0.2) is 22.9 Å². The summed E-state index contributed by atoms with van der Waals surface area (Å²) in [6, 6.07) is 5.12. The van der Waals surface area contributed by atoms with Crippen LogP contribution < -0.4 is 5.32 Å². The highest BCUT2D eigenvalue weighted by atomic mass is 35.5. The number of aromatic hydroxyl groups is 1. The van der Waals surface area contributed by atoms with E-state index in [9.17, 15) is 9.90 Å². The van der Waals surface area contributed by atoms with Crippen molar-refractivity contribution < 1.29 is 9.90 Å². The van der Waals surface area contributed by atoms with E-state index in [4.69, 9.17) is 11.6 Å². The monoisotopic (exact) mass is 255 g/mol. The lowest BCUT2D eigenvalue weighted by Crippen LogP contribution is -2.26. The summed E-state index contributed by atoms with van der Waals surface area (Å²) in [5.41, 5.74) is 1.01. The Morgan fingerprint density at radius 3 is 2.88 bits per heavy atom. The Hall–Kier alpha value is -1.22. The lowest BCUT2D eigenvalue weighted by Gasteiger charge is -2.09. The maximum atomic E-state index is 11.8. The number of hydrogen-bond acceptors (Lipinski definition) is 2. The van der Waals surface area contributed by atoms with Gasteiger partial charge in [0.25, 0.3) is 5.91 Å². The Morgan fingerprint density at radius 2 is 2.24 bits per heavy atom. The molecule has 0 saturated carbocycles. The van der Waals surface area contributed by atoms with Gasteiger partial charge in [-0.3, -0.25) is 4.79 Å². The molecule has 2 N–H and O–H groups in total. The minimum absolute atomic E-state index is 0.0444. The molecule has 0 aliphatic heterocycles. The number of phenols is 1. The highest BCUT2D eigenvalue weighted by Crippen LogP contribution is 2.21. The Balaban J connectivity index is 2.56. The summed E-state index contributed by atoms with van der Waals surface area (Å²) in [6.07, 6.45) is 1.61. The Labute approximate surface area is 107 Å². The van der Waals surface area contributed by atoms with Crippen molar-refractivity contribution in [3.63, 3.8) is 0 Å². The van der Waals surface area contributed by atoms with E-state index in [-0.39, 0.29) is 17.0 Å². The van der Waals surface area contributed by atoms with Gasteiger partial charge in [0.05, 0.1) is 5.56 Å². The summed E-state index contributed by atoms with van der Waals surface area (Å²) >= 11 is 5.95. The zero-order valence-corrected chi connectivity index (χ0v) is 10.9. The average Bonchev–Trinajstić information content (AvgIpc) is 2.32. The molecule has 0 radical (unpaired) electrons. The summed E-state index contributed by atoms with van der Waals surface area (Å²) in [7, 11) is 0. The molecule has 4 heteroatoms. The molecule has 3 nitrogen and oxygen atoms in total. The number of halogens is 1. The summed E-state index contributed by atoms with van der Waals surface area (Å²) < 4.78 is 0. The third-order valence-electron chi connectivity index (χ3n) is 2.67. The van der Waals surface area contributed by atoms with Crippen LogP contribution in [0.5, 0.6) is 5.75 Å². The maximum absolute atomic E-state index is 11.8. The van der Waals surface area contributed by atoms with E-state index >= 15 is 0 Å². The minimum Gasteiger partial charge on any atom is -0.507 e. The fourth-order valence-electron chi connectivity index (χ4n) is 1.48. The number of carbonyl (C=O) groups is 1. The van der Waals surface area contributed by atoms with Crippen molar-refractivity contribution in [1.82, 2.24) is 5.32 Å². The topological polar surface area (TPSA) is 49.3 Å². The Morgan fingerprint density at radius 1 is 1.53 bits per heavy atom. The molecular weight excluding hydrogens is 238 g/mol. The standard InChI is InChI=1S/C13H18ClNO2/c1-3-10(14)7-8-15-13(17)11-6-4-5-9(2)12(11)16/h4-6,10,16H,3,7-8H2,1-2H3,(H,15,17). The number of hydrogen-bond donors (Lipinski definition) is 2. The van der Waals surface area contributed by atoms with E-state index in [2.05, 4.69) is 5.32 Å². The molecule has 0 aromatic heterocycles. The first-order chi connectivity index (χ1) is 8.06. The van der Waals surface area contributed by atoms with Crippen LogP contribution in [0, 0.1) is 6.92 Å². The van der Waals surface area contributed by atoms with E-state index in [0.29, 0.717) is 17.7 Å². The number of nitrogens with one attached hydrogen (secondary N) is 1. The molecule has 17 heavy (non-hydrogen) atoms. The first-order valence-electron chi connectivity index (χ1n) is 5.77. The van der Waals surface area contributed by atoms with Gasteiger partial charge in [0.2, 0.25) is 0 Å². The van der Waals surface area contributed by atoms with Crippen molar-refractivity contribution in [2.45, 2.75) is 32.1 Å². The number of alkyl halides is 1. The van der Waals surface area contributed by atoms with Gasteiger partial charge < -0.3 is 10.4 Å². The lowest BCUT2D eigenvalue weighted by atomic mass is 10.1. The van der Waals surface area contributed by atoms with Gasteiger partial charge >= 0.3 is 0 Å². The molecule has 0 bridgehead atoms. The molecule has 1 rings (SSSR count). The normalized spacial score (nSPS) is 12.2. The molecule has 1 amide bonds. The average molecular weight is 256 g/mol. The van der Waals surface area contributed by atoms with E-state index in [1.807, 2.05) is 6.92 Å². The van der Waals surface area contributed by atoms with Crippen LogP contribution in [-0.2, 0) is 0 Å². The van der Waals surface area contributed by atoms with Crippen LogP contribution in [0.25, 0.3) is 0 Å². The van der Waals surface area contributed by atoms with Crippen molar-refractivity contribution in [2.75, 3.05) is 6.54 Å². The molecule has 0 spiro atoms. The van der Waals surface area contributed by atoms with Crippen molar-refractivity contribution >= 4 is 17.5 Å². The second-order valence-electron chi connectivity index (χ2n) is 4.02. The zero-order chi connectivity index (χ0) is 12.8. The predicted molar refractivity (Wildman–Crippen MR) is 69.7 cm³/mol. The SMILES string of the molecule is CCC(Cl)CCNC(=O)c1cccc(C)c1O. The lowest BCUT2D eigenvalue weighted by molar-refractivity contribution is 0.0950. The number of amides is 1. The van der Waals surface area contributed by atoms with Crippen molar-refractivity contribution in [3.05, 3.63) is 29.3 Å². The third-order valence-corrected chi connectivity index (χ3v) is 3.20. The van der Waals surface area contributed by atoms with Gasteiger partial charge in [0, 0.05) is 11.9 Å². The molecule has 94 valence electrons. The van der Waals surface area contributed by atoms with Crippen molar-refractivity contribution in [3.8, 4) is 5.75 Å². The quantitative estimate of drug-likeness (QED) is 0.795. The van der Waals surface area contributed by atoms with Gasteiger partial charge in [-0.15, -0.1) is 11.6 Å². The summed E-state index contributed by atoms with van der Waals surface area (Å²) in [5, 5.41) is 12.6. The van der Waals surface area contributed by atoms with Gasteiger partial charge in [0.15, 0.2) is 0 Å². The van der Waals surface area contributed by atoms with Gasteiger partial charge in [-0.05, 0) is 31.4 Å². The molecule has 1 unspecified atom stereocenters. The third kappa shape index (κ3) is 3.93. The number of benzene rings is 1. The molecule has 0 fully saturated rings. The zero-order valence-electron chi connectivity index (χ0n) is 10.2. The molecule has 1 atom stereocenters. The van der Waals surface area contributed by atoms with Crippen molar-refractivity contribution in [1.29, 1.82) is 0 Å². The maximum Gasteiger partial charge on any atom is 0.255 e. The highest BCUT2D eigenvalue weighted by molar-refractivity contribution is 6.20. The largest absolute Gasteiger partial charge is 0.507 e. The molecule has 0 aliphatic carbocycles. The van der Waals surface area contributed by atoms with Gasteiger partial charge in [-0.2, -0.15) is 0 Å². The van der Waals surface area contributed by atoms with Gasteiger partial charge in [-0.25, -0.2) is 0 Å². The number of aryl methyl sites for hydroxylation is 1. The molecule has 1 aromatic rings. The second-order valence-corrected chi connectivity index (χ2v) is 4.64. The molecular formula is C13H18ClNO2. The first kappa shape index (κ1) is 13.8.